The van der Waals surface area contributed by atoms with Gasteiger partial charge in [-0.2, -0.15) is 4.98 Å². The highest BCUT2D eigenvalue weighted by molar-refractivity contribution is 6.08. The molecule has 0 bridgehead atoms. The fraction of sp³-hybridized carbons (Fsp3) is 0.556. The van der Waals surface area contributed by atoms with Crippen LogP contribution in [0.15, 0.2) is 4.52 Å². The minimum absolute atomic E-state index is 0.0602. The Morgan fingerprint density at radius 3 is 2.56 bits per heavy atom. The number of rotatable bonds is 3. The smallest absolute Gasteiger partial charge is 0.328 e. The van der Waals surface area contributed by atoms with E-state index in [2.05, 4.69) is 15.5 Å². The summed E-state index contributed by atoms with van der Waals surface area (Å²) in [5, 5.41) is 14.8. The monoisotopic (exact) mass is 225 g/mol. The van der Waals surface area contributed by atoms with E-state index < -0.39 is 17.3 Å². The van der Waals surface area contributed by atoms with E-state index in [1.54, 1.807) is 6.92 Å². The van der Waals surface area contributed by atoms with E-state index in [9.17, 15) is 9.59 Å². The maximum atomic E-state index is 11.7. The summed E-state index contributed by atoms with van der Waals surface area (Å²) < 4.78 is 4.69. The van der Waals surface area contributed by atoms with Crippen LogP contribution in [-0.2, 0) is 9.59 Å². The van der Waals surface area contributed by atoms with E-state index in [-0.39, 0.29) is 6.01 Å². The predicted molar refractivity (Wildman–Crippen MR) is 51.6 cm³/mol. The van der Waals surface area contributed by atoms with Crippen molar-refractivity contribution >= 4 is 17.9 Å². The lowest BCUT2D eigenvalue weighted by Crippen LogP contribution is -2.48. The molecule has 1 saturated carbocycles. The number of carboxylic acid groups (broad SMARTS) is 1. The largest absolute Gasteiger partial charge is 0.480 e. The van der Waals surface area contributed by atoms with Crippen LogP contribution in [0.3, 0.4) is 0 Å². The van der Waals surface area contributed by atoms with Gasteiger partial charge in [0.2, 0.25) is 5.91 Å². The Balaban J connectivity index is 2.10. The molecular weight excluding hydrogens is 214 g/mol. The molecule has 16 heavy (non-hydrogen) atoms. The van der Waals surface area contributed by atoms with Crippen LogP contribution in [0.25, 0.3) is 0 Å². The standard InChI is InChI=1S/C9H11N3O4/c1-5-10-8(16-12-5)11-6(13)9(7(14)15)3-2-4-9/h2-4H2,1H3,(H,14,15)(H,10,11,12,13). The fourth-order valence-electron chi connectivity index (χ4n) is 1.63. The second-order valence-corrected chi connectivity index (χ2v) is 3.84. The van der Waals surface area contributed by atoms with Gasteiger partial charge in [-0.25, -0.2) is 0 Å². The number of amides is 1. The third kappa shape index (κ3) is 1.54. The van der Waals surface area contributed by atoms with Crippen LogP contribution < -0.4 is 5.32 Å². The predicted octanol–water partition coefficient (Wildman–Crippen LogP) is 0.571. The van der Waals surface area contributed by atoms with Crippen molar-refractivity contribution in [2.75, 3.05) is 5.32 Å². The average molecular weight is 225 g/mol. The van der Waals surface area contributed by atoms with Gasteiger partial charge in [0.15, 0.2) is 5.82 Å². The van der Waals surface area contributed by atoms with Crippen LogP contribution in [0.1, 0.15) is 25.1 Å². The Morgan fingerprint density at radius 2 is 2.19 bits per heavy atom. The second-order valence-electron chi connectivity index (χ2n) is 3.84. The zero-order chi connectivity index (χ0) is 11.8. The first-order valence-corrected chi connectivity index (χ1v) is 4.90. The molecule has 2 N–H and O–H groups in total. The normalized spacial score (nSPS) is 17.6. The highest BCUT2D eigenvalue weighted by atomic mass is 16.5. The van der Waals surface area contributed by atoms with E-state index in [1.807, 2.05) is 0 Å². The molecule has 86 valence electrons. The van der Waals surface area contributed by atoms with Gasteiger partial charge in [0.1, 0.15) is 5.41 Å². The molecule has 1 aliphatic rings. The van der Waals surface area contributed by atoms with Gasteiger partial charge in [-0.05, 0) is 19.8 Å². The first kappa shape index (κ1) is 10.6. The number of carboxylic acids is 1. The van der Waals surface area contributed by atoms with Crippen LogP contribution in [0.2, 0.25) is 0 Å². The van der Waals surface area contributed by atoms with Crippen molar-refractivity contribution in [1.29, 1.82) is 0 Å². The van der Waals surface area contributed by atoms with Gasteiger partial charge in [0.05, 0.1) is 0 Å². The number of aliphatic carboxylic acids is 1. The van der Waals surface area contributed by atoms with Crippen molar-refractivity contribution < 1.29 is 19.2 Å². The number of hydrogen-bond donors (Lipinski definition) is 2. The summed E-state index contributed by atoms with van der Waals surface area (Å²) in [6.07, 6.45) is 1.44. The Morgan fingerprint density at radius 1 is 1.50 bits per heavy atom. The average Bonchev–Trinajstić information content (AvgIpc) is 2.47. The molecule has 0 radical (unpaired) electrons. The van der Waals surface area contributed by atoms with E-state index in [4.69, 9.17) is 9.63 Å². The highest BCUT2D eigenvalue weighted by Crippen LogP contribution is 2.42. The molecule has 1 aromatic heterocycles. The zero-order valence-electron chi connectivity index (χ0n) is 8.69. The fourth-order valence-corrected chi connectivity index (χ4v) is 1.63. The molecule has 7 heteroatoms. The molecule has 7 nitrogen and oxygen atoms in total. The Labute approximate surface area is 90.8 Å². The number of aryl methyl sites for hydroxylation is 1. The van der Waals surface area contributed by atoms with Gasteiger partial charge < -0.3 is 9.63 Å². The maximum absolute atomic E-state index is 11.7. The van der Waals surface area contributed by atoms with Crippen molar-refractivity contribution in [2.45, 2.75) is 26.2 Å². The SMILES string of the molecule is Cc1noc(NC(=O)C2(C(=O)O)CCC2)n1. The van der Waals surface area contributed by atoms with Crippen LogP contribution in [-0.4, -0.2) is 27.1 Å². The molecule has 1 heterocycles. The van der Waals surface area contributed by atoms with Gasteiger partial charge in [-0.1, -0.05) is 11.6 Å². The summed E-state index contributed by atoms with van der Waals surface area (Å²) >= 11 is 0. The quantitative estimate of drug-likeness (QED) is 0.728. The van der Waals surface area contributed by atoms with Crippen LogP contribution in [0, 0.1) is 12.3 Å². The molecule has 0 atom stereocenters. The molecule has 1 aromatic rings. The maximum Gasteiger partial charge on any atom is 0.328 e. The minimum Gasteiger partial charge on any atom is -0.480 e. The molecule has 2 rings (SSSR count). The Hall–Kier alpha value is -1.92. The lowest BCUT2D eigenvalue weighted by molar-refractivity contribution is -0.159. The molecule has 0 spiro atoms. The van der Waals surface area contributed by atoms with Gasteiger partial charge in [-0.3, -0.25) is 14.9 Å². The number of aromatic nitrogens is 2. The summed E-state index contributed by atoms with van der Waals surface area (Å²) in [6.45, 7) is 1.61. The molecular formula is C9H11N3O4. The zero-order valence-corrected chi connectivity index (χ0v) is 8.69. The molecule has 0 unspecified atom stereocenters. The summed E-state index contributed by atoms with van der Waals surface area (Å²) in [5.74, 6) is -1.31. The summed E-state index contributed by atoms with van der Waals surface area (Å²) in [6, 6.07) is -0.0602. The first-order valence-electron chi connectivity index (χ1n) is 4.90. The number of nitrogens with zero attached hydrogens (tertiary/aromatic N) is 2. The number of hydrogen-bond acceptors (Lipinski definition) is 5. The van der Waals surface area contributed by atoms with Gasteiger partial charge in [-0.15, -0.1) is 0 Å². The Kier molecular flexibility index (Phi) is 2.37. The summed E-state index contributed by atoms with van der Waals surface area (Å²) in [4.78, 5) is 26.5. The van der Waals surface area contributed by atoms with Gasteiger partial charge in [0, 0.05) is 0 Å². The van der Waals surface area contributed by atoms with E-state index in [0.29, 0.717) is 18.7 Å². The van der Waals surface area contributed by atoms with Gasteiger partial charge >= 0.3 is 12.0 Å². The summed E-state index contributed by atoms with van der Waals surface area (Å²) in [7, 11) is 0. The first-order chi connectivity index (χ1) is 7.54. The van der Waals surface area contributed by atoms with Crippen molar-refractivity contribution in [3.8, 4) is 0 Å². The molecule has 1 fully saturated rings. The molecule has 0 aliphatic heterocycles. The van der Waals surface area contributed by atoms with E-state index >= 15 is 0 Å². The van der Waals surface area contributed by atoms with Crippen molar-refractivity contribution in [3.63, 3.8) is 0 Å². The topological polar surface area (TPSA) is 105 Å². The minimum atomic E-state index is -1.32. The highest BCUT2D eigenvalue weighted by Gasteiger charge is 2.51. The third-order valence-electron chi connectivity index (χ3n) is 2.80. The van der Waals surface area contributed by atoms with Crippen molar-refractivity contribution in [3.05, 3.63) is 5.82 Å². The van der Waals surface area contributed by atoms with Crippen molar-refractivity contribution in [2.24, 2.45) is 5.41 Å². The lowest BCUT2D eigenvalue weighted by Gasteiger charge is -2.35. The van der Waals surface area contributed by atoms with Gasteiger partial charge in [0.25, 0.3) is 0 Å². The number of anilines is 1. The second kappa shape index (κ2) is 3.58. The summed E-state index contributed by atoms with van der Waals surface area (Å²) in [5.41, 5.74) is -1.32. The molecule has 0 aromatic carbocycles. The molecule has 1 aliphatic carbocycles. The molecule has 0 saturated heterocycles. The number of nitrogens with one attached hydrogen (secondary N) is 1. The third-order valence-corrected chi connectivity index (χ3v) is 2.80. The van der Waals surface area contributed by atoms with E-state index in [0.717, 1.165) is 6.42 Å². The number of carbonyl (C=O) groups is 2. The van der Waals surface area contributed by atoms with E-state index in [1.165, 1.54) is 0 Å². The number of carbonyl (C=O) groups excluding carboxylic acids is 1. The lowest BCUT2D eigenvalue weighted by atomic mass is 9.68. The van der Waals surface area contributed by atoms with Crippen LogP contribution in [0.4, 0.5) is 6.01 Å². The Bertz CT molecular complexity index is 436. The van der Waals surface area contributed by atoms with Crippen LogP contribution >= 0.6 is 0 Å². The van der Waals surface area contributed by atoms with Crippen molar-refractivity contribution in [1.82, 2.24) is 10.1 Å². The van der Waals surface area contributed by atoms with Crippen LogP contribution in [0.5, 0.6) is 0 Å². The molecule has 1 amide bonds.